The quantitative estimate of drug-likeness (QED) is 0.558. The summed E-state index contributed by atoms with van der Waals surface area (Å²) >= 11 is 0. The number of amides is 2. The van der Waals surface area contributed by atoms with Crippen molar-refractivity contribution in [2.24, 2.45) is 17.8 Å². The van der Waals surface area contributed by atoms with E-state index in [1.54, 1.807) is 18.2 Å². The van der Waals surface area contributed by atoms with Crippen LogP contribution in [0.5, 0.6) is 0 Å². The van der Waals surface area contributed by atoms with Crippen LogP contribution in [0.3, 0.4) is 0 Å². The van der Waals surface area contributed by atoms with E-state index in [4.69, 9.17) is 0 Å². The standard InChI is InChI=1S/C23H32F2N2O2/c1-3-5-6-7-15(4-2)18-10-11-23(24,25)13-20(18)22(29)27-17-9-8-16-14-26-21(28)19(16)12-17/h8-9,12,15,18,20H,3-7,10-11,13-14H2,1-2H3,(H,26,28)(H,27,29)/t15?,18?,20-/m1/s1. The fraction of sp³-hybridized carbons (Fsp3) is 0.652. The topological polar surface area (TPSA) is 58.2 Å². The van der Waals surface area contributed by atoms with E-state index in [1.807, 2.05) is 0 Å². The summed E-state index contributed by atoms with van der Waals surface area (Å²) in [6.45, 7) is 4.72. The number of anilines is 1. The summed E-state index contributed by atoms with van der Waals surface area (Å²) in [6.07, 6.45) is 5.09. The molecule has 0 aromatic heterocycles. The van der Waals surface area contributed by atoms with Crippen LogP contribution in [-0.4, -0.2) is 17.7 Å². The molecule has 3 atom stereocenters. The summed E-state index contributed by atoms with van der Waals surface area (Å²) in [4.78, 5) is 24.9. The summed E-state index contributed by atoms with van der Waals surface area (Å²) in [5, 5.41) is 5.57. The van der Waals surface area contributed by atoms with E-state index in [0.29, 0.717) is 30.1 Å². The molecule has 1 aromatic carbocycles. The SMILES string of the molecule is CCCCCC(CC)C1CCC(F)(F)C[C@H]1C(=O)Nc1ccc2c(c1)C(=O)NC2. The van der Waals surface area contributed by atoms with Gasteiger partial charge in [0.15, 0.2) is 0 Å². The molecule has 2 aliphatic rings. The lowest BCUT2D eigenvalue weighted by atomic mass is 9.68. The van der Waals surface area contributed by atoms with Crippen LogP contribution in [0.15, 0.2) is 18.2 Å². The zero-order valence-corrected chi connectivity index (χ0v) is 17.4. The molecule has 1 heterocycles. The van der Waals surface area contributed by atoms with Gasteiger partial charge in [0.1, 0.15) is 0 Å². The minimum Gasteiger partial charge on any atom is -0.348 e. The molecule has 2 unspecified atom stereocenters. The third-order valence-electron chi connectivity index (χ3n) is 6.59. The average Bonchev–Trinajstić information content (AvgIpc) is 3.06. The minimum absolute atomic E-state index is 0.0193. The van der Waals surface area contributed by atoms with Crippen LogP contribution in [0.25, 0.3) is 0 Å². The summed E-state index contributed by atoms with van der Waals surface area (Å²) in [6, 6.07) is 5.19. The molecule has 3 rings (SSSR count). The Labute approximate surface area is 171 Å². The molecule has 1 saturated carbocycles. The van der Waals surface area contributed by atoms with Gasteiger partial charge in [0.2, 0.25) is 11.8 Å². The van der Waals surface area contributed by atoms with Crippen LogP contribution >= 0.6 is 0 Å². The Kier molecular flexibility index (Phi) is 6.91. The molecule has 0 bridgehead atoms. The van der Waals surface area contributed by atoms with Gasteiger partial charge in [-0.25, -0.2) is 8.78 Å². The maximum absolute atomic E-state index is 14.2. The highest BCUT2D eigenvalue weighted by Gasteiger charge is 2.46. The second-order valence-corrected chi connectivity index (χ2v) is 8.58. The Morgan fingerprint density at radius 2 is 2.10 bits per heavy atom. The zero-order chi connectivity index (χ0) is 21.0. The molecule has 1 fully saturated rings. The molecule has 4 nitrogen and oxygen atoms in total. The number of carbonyl (C=O) groups is 2. The lowest BCUT2D eigenvalue weighted by Crippen LogP contribution is -2.42. The van der Waals surface area contributed by atoms with Gasteiger partial charge >= 0.3 is 0 Å². The van der Waals surface area contributed by atoms with Crippen molar-refractivity contribution >= 4 is 17.5 Å². The van der Waals surface area contributed by atoms with Crippen LogP contribution in [-0.2, 0) is 11.3 Å². The lowest BCUT2D eigenvalue weighted by Gasteiger charge is -2.39. The Hall–Kier alpha value is -1.98. The van der Waals surface area contributed by atoms with Gasteiger partial charge in [-0.3, -0.25) is 9.59 Å². The van der Waals surface area contributed by atoms with Gasteiger partial charge in [-0.2, -0.15) is 0 Å². The number of halogens is 2. The predicted molar refractivity (Wildman–Crippen MR) is 110 cm³/mol. The first-order valence-electron chi connectivity index (χ1n) is 10.9. The smallest absolute Gasteiger partial charge is 0.251 e. The molecular weight excluding hydrogens is 374 g/mol. The summed E-state index contributed by atoms with van der Waals surface area (Å²) < 4.78 is 28.4. The van der Waals surface area contributed by atoms with Gasteiger partial charge in [0.05, 0.1) is 0 Å². The second-order valence-electron chi connectivity index (χ2n) is 8.58. The third-order valence-corrected chi connectivity index (χ3v) is 6.59. The molecular formula is C23H32F2N2O2. The second kappa shape index (κ2) is 9.23. The van der Waals surface area contributed by atoms with Crippen molar-refractivity contribution < 1.29 is 18.4 Å². The Morgan fingerprint density at radius 3 is 2.83 bits per heavy atom. The highest BCUT2D eigenvalue weighted by molar-refractivity contribution is 6.00. The fourth-order valence-corrected chi connectivity index (χ4v) is 4.91. The first kappa shape index (κ1) is 21.7. The number of benzene rings is 1. The van der Waals surface area contributed by atoms with E-state index >= 15 is 0 Å². The minimum atomic E-state index is -2.79. The largest absolute Gasteiger partial charge is 0.348 e. The maximum Gasteiger partial charge on any atom is 0.251 e. The fourth-order valence-electron chi connectivity index (χ4n) is 4.91. The van der Waals surface area contributed by atoms with Crippen molar-refractivity contribution in [1.82, 2.24) is 5.32 Å². The molecule has 2 N–H and O–H groups in total. The number of fused-ring (bicyclic) bond motifs is 1. The van der Waals surface area contributed by atoms with Crippen molar-refractivity contribution in [3.63, 3.8) is 0 Å². The van der Waals surface area contributed by atoms with Gasteiger partial charge < -0.3 is 10.6 Å². The van der Waals surface area contributed by atoms with E-state index in [1.165, 1.54) is 0 Å². The zero-order valence-electron chi connectivity index (χ0n) is 17.4. The van der Waals surface area contributed by atoms with Gasteiger partial charge in [-0.05, 0) is 36.0 Å². The average molecular weight is 407 g/mol. The molecule has 1 aromatic rings. The summed E-state index contributed by atoms with van der Waals surface area (Å²) in [7, 11) is 0. The Balaban J connectivity index is 1.75. The van der Waals surface area contributed by atoms with E-state index in [2.05, 4.69) is 24.5 Å². The van der Waals surface area contributed by atoms with E-state index in [0.717, 1.165) is 37.7 Å². The highest BCUT2D eigenvalue weighted by atomic mass is 19.3. The van der Waals surface area contributed by atoms with Crippen molar-refractivity contribution in [1.29, 1.82) is 0 Å². The predicted octanol–water partition coefficient (Wildman–Crippen LogP) is 5.53. The molecule has 0 saturated heterocycles. The molecule has 0 radical (unpaired) electrons. The lowest BCUT2D eigenvalue weighted by molar-refractivity contribution is -0.134. The Bertz CT molecular complexity index is 750. The number of hydrogen-bond acceptors (Lipinski definition) is 2. The molecule has 29 heavy (non-hydrogen) atoms. The van der Waals surface area contributed by atoms with Gasteiger partial charge in [-0.1, -0.05) is 52.0 Å². The first-order valence-corrected chi connectivity index (χ1v) is 10.9. The van der Waals surface area contributed by atoms with Crippen molar-refractivity contribution in [2.75, 3.05) is 5.32 Å². The molecule has 1 aliphatic heterocycles. The monoisotopic (exact) mass is 406 g/mol. The van der Waals surface area contributed by atoms with Gasteiger partial charge in [0.25, 0.3) is 5.91 Å². The normalized spacial score (nSPS) is 23.9. The maximum atomic E-state index is 14.2. The summed E-state index contributed by atoms with van der Waals surface area (Å²) in [5.41, 5.74) is 1.92. The third kappa shape index (κ3) is 5.14. The van der Waals surface area contributed by atoms with Crippen LogP contribution in [0, 0.1) is 17.8 Å². The van der Waals surface area contributed by atoms with Crippen molar-refractivity contribution in [2.45, 2.75) is 77.7 Å². The van der Waals surface area contributed by atoms with Crippen LogP contribution in [0.4, 0.5) is 14.5 Å². The number of unbranched alkanes of at least 4 members (excludes halogenated alkanes) is 2. The van der Waals surface area contributed by atoms with Crippen LogP contribution in [0.1, 0.15) is 81.1 Å². The summed E-state index contributed by atoms with van der Waals surface area (Å²) in [5.74, 6) is -3.74. The molecule has 1 aliphatic carbocycles. The van der Waals surface area contributed by atoms with Gasteiger partial charge in [-0.15, -0.1) is 0 Å². The molecule has 2 amide bonds. The van der Waals surface area contributed by atoms with Crippen molar-refractivity contribution in [3.8, 4) is 0 Å². The number of hydrogen-bond donors (Lipinski definition) is 2. The highest BCUT2D eigenvalue weighted by Crippen LogP contribution is 2.45. The van der Waals surface area contributed by atoms with Gasteiger partial charge in [0, 0.05) is 36.6 Å². The first-order chi connectivity index (χ1) is 13.8. The molecule has 6 heteroatoms. The van der Waals surface area contributed by atoms with Crippen LogP contribution < -0.4 is 10.6 Å². The van der Waals surface area contributed by atoms with E-state index in [-0.39, 0.29) is 30.6 Å². The number of carbonyl (C=O) groups excluding carboxylic acids is 2. The van der Waals surface area contributed by atoms with Crippen LogP contribution in [0.2, 0.25) is 0 Å². The number of rotatable bonds is 8. The molecule has 0 spiro atoms. The van der Waals surface area contributed by atoms with Crippen molar-refractivity contribution in [3.05, 3.63) is 29.3 Å². The Morgan fingerprint density at radius 1 is 1.31 bits per heavy atom. The molecule has 160 valence electrons. The van der Waals surface area contributed by atoms with E-state index < -0.39 is 11.8 Å². The number of alkyl halides is 2. The van der Waals surface area contributed by atoms with E-state index in [9.17, 15) is 18.4 Å². The number of nitrogens with one attached hydrogen (secondary N) is 2.